The molecule has 0 saturated heterocycles. The molecule has 0 spiro atoms. The molecule has 0 aliphatic heterocycles. The van der Waals surface area contributed by atoms with E-state index in [-0.39, 0.29) is 23.9 Å². The van der Waals surface area contributed by atoms with Gasteiger partial charge in [0.15, 0.2) is 17.0 Å². The van der Waals surface area contributed by atoms with Crippen molar-refractivity contribution in [3.8, 4) is 17.6 Å². The van der Waals surface area contributed by atoms with Crippen LogP contribution in [0.1, 0.15) is 30.8 Å². The normalized spacial score (nSPS) is 24.7. The molecule has 1 amide bonds. The summed E-state index contributed by atoms with van der Waals surface area (Å²) in [6.45, 7) is 1.62. The van der Waals surface area contributed by atoms with Gasteiger partial charge in [0, 0.05) is 25.9 Å². The van der Waals surface area contributed by atoms with Crippen molar-refractivity contribution in [2.24, 2.45) is 5.41 Å². The zero-order chi connectivity index (χ0) is 23.0. The van der Waals surface area contributed by atoms with E-state index in [2.05, 4.69) is 42.4 Å². The van der Waals surface area contributed by atoms with Crippen molar-refractivity contribution in [3.05, 3.63) is 36.2 Å². The second-order valence-corrected chi connectivity index (χ2v) is 7.86. The average molecular weight is 437 g/mol. The Labute approximate surface area is 183 Å². The highest BCUT2D eigenvalue weighted by Crippen LogP contribution is 2.45. The molecular weight excluding hydrogens is 414 g/mol. The predicted octanol–water partition coefficient (Wildman–Crippen LogP) is -0.213. The number of imidazole rings is 1. The fourth-order valence-electron chi connectivity index (χ4n) is 4.05. The average Bonchev–Trinajstić information content (AvgIpc) is 3.31. The van der Waals surface area contributed by atoms with Crippen molar-refractivity contribution in [1.29, 1.82) is 0 Å². The van der Waals surface area contributed by atoms with Gasteiger partial charge >= 0.3 is 0 Å². The number of hydrogen-bond acceptors (Lipinski definition) is 9. The van der Waals surface area contributed by atoms with Gasteiger partial charge in [-0.3, -0.25) is 9.78 Å². The summed E-state index contributed by atoms with van der Waals surface area (Å²) >= 11 is 0. The van der Waals surface area contributed by atoms with Gasteiger partial charge in [0.25, 0.3) is 0 Å². The van der Waals surface area contributed by atoms with Crippen molar-refractivity contribution >= 4 is 22.9 Å². The fraction of sp³-hybridized carbons (Fsp3) is 0.381. The smallest absolute Gasteiger partial charge is 0.228 e. The monoisotopic (exact) mass is 437 g/mol. The summed E-state index contributed by atoms with van der Waals surface area (Å²) in [6.07, 6.45) is 2.05. The third kappa shape index (κ3) is 3.49. The van der Waals surface area contributed by atoms with Gasteiger partial charge in [0.05, 0.1) is 30.1 Å². The van der Waals surface area contributed by atoms with Gasteiger partial charge in [-0.2, -0.15) is 0 Å². The van der Waals surface area contributed by atoms with Crippen LogP contribution < -0.4 is 10.6 Å². The molecule has 0 aromatic carbocycles. The van der Waals surface area contributed by atoms with Crippen LogP contribution in [0.4, 0.5) is 5.82 Å². The molecule has 32 heavy (non-hydrogen) atoms. The molecule has 1 saturated carbocycles. The Hall–Kier alpha value is -3.75. The Morgan fingerprint density at radius 3 is 2.72 bits per heavy atom. The summed E-state index contributed by atoms with van der Waals surface area (Å²) in [7, 11) is 3.18. The number of nitrogens with zero attached hydrogens (tertiary/aromatic N) is 5. The number of rotatable bonds is 3. The lowest BCUT2D eigenvalue weighted by atomic mass is 9.85. The van der Waals surface area contributed by atoms with Crippen LogP contribution in [0.25, 0.3) is 11.2 Å². The largest absolute Gasteiger partial charge is 0.506 e. The molecule has 5 N–H and O–H groups in total. The molecule has 3 aromatic heterocycles. The van der Waals surface area contributed by atoms with Gasteiger partial charge in [-0.15, -0.1) is 0 Å². The van der Waals surface area contributed by atoms with E-state index < -0.39 is 23.7 Å². The van der Waals surface area contributed by atoms with Gasteiger partial charge in [-0.05, 0) is 25.3 Å². The van der Waals surface area contributed by atoms with Gasteiger partial charge in [-0.1, -0.05) is 5.92 Å². The number of amides is 1. The molecule has 11 heteroatoms. The number of carbonyl (C=O) groups is 1. The van der Waals surface area contributed by atoms with Crippen LogP contribution in [0.5, 0.6) is 5.75 Å². The Morgan fingerprint density at radius 2 is 2.03 bits per heavy atom. The van der Waals surface area contributed by atoms with Crippen LogP contribution in [0.3, 0.4) is 0 Å². The molecule has 1 unspecified atom stereocenters. The number of nitrogens with one attached hydrogen (secondary N) is 2. The third-order valence-electron chi connectivity index (χ3n) is 5.81. The number of aliphatic hydroxyl groups excluding tert-OH is 2. The minimum Gasteiger partial charge on any atom is -0.506 e. The highest BCUT2D eigenvalue weighted by atomic mass is 16.3. The number of pyridine rings is 1. The van der Waals surface area contributed by atoms with Crippen molar-refractivity contribution in [3.63, 3.8) is 0 Å². The first-order chi connectivity index (χ1) is 15.3. The number of carbonyl (C=O) groups excluding carboxylic acids is 1. The lowest BCUT2D eigenvalue weighted by Crippen LogP contribution is -2.45. The summed E-state index contributed by atoms with van der Waals surface area (Å²) in [6, 6.07) is 0.838. The zero-order valence-electron chi connectivity index (χ0n) is 17.7. The van der Waals surface area contributed by atoms with E-state index in [1.54, 1.807) is 18.5 Å². The van der Waals surface area contributed by atoms with E-state index in [0.717, 1.165) is 0 Å². The number of aromatic hydroxyl groups is 1. The van der Waals surface area contributed by atoms with Crippen LogP contribution in [-0.4, -0.2) is 72.0 Å². The third-order valence-corrected chi connectivity index (χ3v) is 5.81. The molecule has 0 bridgehead atoms. The first-order valence-corrected chi connectivity index (χ1v) is 9.95. The minimum absolute atomic E-state index is 0.00453. The number of fused-ring (bicyclic) bond motifs is 1. The first kappa shape index (κ1) is 21.5. The molecule has 0 radical (unpaired) electrons. The maximum Gasteiger partial charge on any atom is 0.228 e. The fourth-order valence-corrected chi connectivity index (χ4v) is 4.05. The summed E-state index contributed by atoms with van der Waals surface area (Å²) in [4.78, 5) is 29.5. The summed E-state index contributed by atoms with van der Waals surface area (Å²) < 4.78 is 1.64. The van der Waals surface area contributed by atoms with Crippen molar-refractivity contribution in [1.82, 2.24) is 29.8 Å². The lowest BCUT2D eigenvalue weighted by Gasteiger charge is -2.26. The number of aliphatic hydroxyl groups is 2. The molecular formula is C21H23N7O4. The van der Waals surface area contributed by atoms with Crippen molar-refractivity contribution in [2.45, 2.75) is 31.6 Å². The van der Waals surface area contributed by atoms with Crippen molar-refractivity contribution < 1.29 is 20.1 Å². The highest BCUT2D eigenvalue weighted by molar-refractivity contribution is 5.85. The Balaban J connectivity index is 1.78. The van der Waals surface area contributed by atoms with Gasteiger partial charge < -0.3 is 30.5 Å². The number of anilines is 1. The molecule has 3 aromatic rings. The summed E-state index contributed by atoms with van der Waals surface area (Å²) in [5.74, 6) is 5.97. The minimum atomic E-state index is -1.26. The number of aromatic nitrogens is 5. The molecule has 3 heterocycles. The molecule has 4 atom stereocenters. The maximum atomic E-state index is 12.4. The van der Waals surface area contributed by atoms with E-state index in [4.69, 9.17) is 0 Å². The Bertz CT molecular complexity index is 1250. The molecule has 1 aliphatic rings. The van der Waals surface area contributed by atoms with Gasteiger partial charge in [0.1, 0.15) is 11.9 Å². The number of hydrogen-bond donors (Lipinski definition) is 5. The van der Waals surface area contributed by atoms with Crippen LogP contribution in [0, 0.1) is 17.3 Å². The first-order valence-electron chi connectivity index (χ1n) is 9.95. The Morgan fingerprint density at radius 1 is 1.25 bits per heavy atom. The Kier molecular flexibility index (Phi) is 5.41. The van der Waals surface area contributed by atoms with Crippen LogP contribution in [0.15, 0.2) is 24.8 Å². The summed E-state index contributed by atoms with van der Waals surface area (Å²) in [5.41, 5.74) is 0.190. The van der Waals surface area contributed by atoms with E-state index in [1.165, 1.54) is 31.8 Å². The zero-order valence-corrected chi connectivity index (χ0v) is 17.7. The molecule has 166 valence electrons. The molecule has 4 rings (SSSR count). The van der Waals surface area contributed by atoms with Gasteiger partial charge in [0.2, 0.25) is 11.7 Å². The standard InChI is InChI=1S/C21H23N7O4/c1-21(20(32)23-3)7-13(16(30)17(21)31)28-10-25-15-18(22-2)26-14(27-19(15)28)5-4-11-6-12(29)9-24-8-11/h6,8-10,13,16-17,29-31H,7H2,1-3H3,(H,23,32)(H,22,26,27)/t13-,16+,17+,21?/m1/s1. The topological polar surface area (TPSA) is 158 Å². The lowest BCUT2D eigenvalue weighted by molar-refractivity contribution is -0.136. The van der Waals surface area contributed by atoms with Crippen LogP contribution in [0.2, 0.25) is 0 Å². The molecule has 1 fully saturated rings. The van der Waals surface area contributed by atoms with E-state index in [0.29, 0.717) is 22.5 Å². The summed E-state index contributed by atoms with van der Waals surface area (Å²) in [5, 5.41) is 36.4. The predicted molar refractivity (Wildman–Crippen MR) is 115 cm³/mol. The van der Waals surface area contributed by atoms with E-state index in [9.17, 15) is 20.1 Å². The van der Waals surface area contributed by atoms with Gasteiger partial charge in [-0.25, -0.2) is 15.0 Å². The molecule has 1 aliphatic carbocycles. The molecule has 11 nitrogen and oxygen atoms in total. The second kappa shape index (κ2) is 8.07. The SMILES string of the molecule is CNC(=O)C1(C)C[C@@H](n2cnc3c(NC)nc(C#Cc4cncc(O)c4)nc32)[C@H](O)[C@@H]1O. The van der Waals surface area contributed by atoms with E-state index >= 15 is 0 Å². The van der Waals surface area contributed by atoms with Crippen molar-refractivity contribution in [2.75, 3.05) is 19.4 Å². The van der Waals surface area contributed by atoms with Crippen LogP contribution in [-0.2, 0) is 4.79 Å². The quantitative estimate of drug-likeness (QED) is 0.349. The maximum absolute atomic E-state index is 12.4. The van der Waals surface area contributed by atoms with Crippen LogP contribution >= 0.6 is 0 Å². The van der Waals surface area contributed by atoms with E-state index in [1.807, 2.05) is 0 Å². The second-order valence-electron chi connectivity index (χ2n) is 7.86. The highest BCUT2D eigenvalue weighted by Gasteiger charge is 2.54.